The zero-order valence-corrected chi connectivity index (χ0v) is 24.4. The molecule has 1 heterocycles. The summed E-state index contributed by atoms with van der Waals surface area (Å²) in [4.78, 5) is 24.5. The van der Waals surface area contributed by atoms with Gasteiger partial charge in [0.25, 0.3) is 0 Å². The van der Waals surface area contributed by atoms with E-state index < -0.39 is 0 Å². The molecule has 4 aliphatic rings. The lowest BCUT2D eigenvalue weighted by Gasteiger charge is -2.33. The SMILES string of the molecule is CCCCC[C@@H](CC[C@@H]1[C@H]2Cc3cccc(OCC(=O)OC)c3C[C@H]2C[C@H]1OC(=O)C1CC1)OC1CCCCO1. The van der Waals surface area contributed by atoms with Gasteiger partial charge in [0.15, 0.2) is 12.9 Å². The van der Waals surface area contributed by atoms with Gasteiger partial charge < -0.3 is 23.7 Å². The lowest BCUT2D eigenvalue weighted by Crippen LogP contribution is -2.32. The van der Waals surface area contributed by atoms with Gasteiger partial charge in [0, 0.05) is 6.61 Å². The number of fused-ring (bicyclic) bond motifs is 2. The van der Waals surface area contributed by atoms with Gasteiger partial charge in [-0.05, 0) is 106 Å². The van der Waals surface area contributed by atoms with Gasteiger partial charge in [-0.25, -0.2) is 4.79 Å². The van der Waals surface area contributed by atoms with Crippen LogP contribution in [0, 0.1) is 23.7 Å². The van der Waals surface area contributed by atoms with Gasteiger partial charge >= 0.3 is 11.9 Å². The first kappa shape index (κ1) is 29.4. The molecule has 0 bridgehead atoms. The molecule has 0 amide bonds. The smallest absolute Gasteiger partial charge is 0.343 e. The van der Waals surface area contributed by atoms with Crippen LogP contribution in [0.2, 0.25) is 0 Å². The zero-order chi connectivity index (χ0) is 27.9. The van der Waals surface area contributed by atoms with E-state index in [-0.39, 0.29) is 43.0 Å². The second-order valence-electron chi connectivity index (χ2n) is 12.4. The number of unbranched alkanes of at least 4 members (excludes halogenated alkanes) is 2. The molecule has 1 unspecified atom stereocenters. The van der Waals surface area contributed by atoms with E-state index in [1.807, 2.05) is 12.1 Å². The molecule has 7 nitrogen and oxygen atoms in total. The second kappa shape index (κ2) is 14.2. The van der Waals surface area contributed by atoms with Gasteiger partial charge in [0.05, 0.1) is 19.1 Å². The third kappa shape index (κ3) is 7.58. The molecule has 40 heavy (non-hydrogen) atoms. The summed E-state index contributed by atoms with van der Waals surface area (Å²) in [5.74, 6) is 1.71. The minimum Gasteiger partial charge on any atom is -0.482 e. The largest absolute Gasteiger partial charge is 0.482 e. The Kier molecular flexibility index (Phi) is 10.4. The normalized spacial score (nSPS) is 28.3. The maximum Gasteiger partial charge on any atom is 0.343 e. The van der Waals surface area contributed by atoms with Crippen LogP contribution >= 0.6 is 0 Å². The monoisotopic (exact) mass is 556 g/mol. The number of esters is 2. The third-order valence-electron chi connectivity index (χ3n) is 9.51. The summed E-state index contributed by atoms with van der Waals surface area (Å²) >= 11 is 0. The van der Waals surface area contributed by atoms with Crippen molar-refractivity contribution in [2.24, 2.45) is 23.7 Å². The van der Waals surface area contributed by atoms with Crippen molar-refractivity contribution in [2.75, 3.05) is 20.3 Å². The van der Waals surface area contributed by atoms with Gasteiger partial charge in [-0.2, -0.15) is 0 Å². The molecule has 222 valence electrons. The minimum absolute atomic E-state index is 0.000358. The molecule has 0 radical (unpaired) electrons. The van der Waals surface area contributed by atoms with Crippen LogP contribution in [0.4, 0.5) is 0 Å². The van der Waals surface area contributed by atoms with Crippen molar-refractivity contribution in [3.8, 4) is 5.75 Å². The predicted octanol–water partition coefficient (Wildman–Crippen LogP) is 6.18. The number of benzene rings is 1. The third-order valence-corrected chi connectivity index (χ3v) is 9.51. The predicted molar refractivity (Wildman–Crippen MR) is 151 cm³/mol. The summed E-state index contributed by atoms with van der Waals surface area (Å²) in [6, 6.07) is 6.15. The van der Waals surface area contributed by atoms with Crippen LogP contribution in [-0.4, -0.2) is 50.8 Å². The molecule has 2 saturated carbocycles. The fourth-order valence-electron chi connectivity index (χ4n) is 7.12. The topological polar surface area (TPSA) is 80.3 Å². The molecular weight excluding hydrogens is 508 g/mol. The molecule has 3 fully saturated rings. The lowest BCUT2D eigenvalue weighted by molar-refractivity contribution is -0.191. The zero-order valence-electron chi connectivity index (χ0n) is 24.4. The Bertz CT molecular complexity index is 983. The van der Waals surface area contributed by atoms with Crippen molar-refractivity contribution >= 4 is 11.9 Å². The number of ether oxygens (including phenoxy) is 5. The molecule has 0 aromatic heterocycles. The Morgan fingerprint density at radius 3 is 2.70 bits per heavy atom. The van der Waals surface area contributed by atoms with Crippen LogP contribution in [0.5, 0.6) is 5.75 Å². The first-order valence-electron chi connectivity index (χ1n) is 15.8. The molecule has 1 aliphatic heterocycles. The second-order valence-corrected chi connectivity index (χ2v) is 12.4. The van der Waals surface area contributed by atoms with Crippen LogP contribution in [0.1, 0.15) is 95.1 Å². The van der Waals surface area contributed by atoms with Crippen molar-refractivity contribution < 1.29 is 33.3 Å². The van der Waals surface area contributed by atoms with Crippen LogP contribution in [0.15, 0.2) is 18.2 Å². The van der Waals surface area contributed by atoms with Crippen LogP contribution in [0.25, 0.3) is 0 Å². The van der Waals surface area contributed by atoms with Crippen molar-refractivity contribution in [1.29, 1.82) is 0 Å². The average molecular weight is 557 g/mol. The standard InChI is InChI=1S/C33H48O7/c1-3-4-5-10-25(39-32-12-6-7-17-37-32)15-16-26-27-18-23-9-8-11-29(38-21-31(34)36-2)28(23)19-24(27)20-30(26)40-33(35)22-13-14-22/h8-9,11,22,24-27,30,32H,3-7,10,12-21H2,1-2H3/t24-,25-,26+,27-,30+,32?/m0/s1. The van der Waals surface area contributed by atoms with Gasteiger partial charge in [0.1, 0.15) is 11.9 Å². The highest BCUT2D eigenvalue weighted by Crippen LogP contribution is 2.50. The number of carbonyl (C=O) groups excluding carboxylic acids is 2. The van der Waals surface area contributed by atoms with E-state index in [1.54, 1.807) is 0 Å². The number of hydrogen-bond donors (Lipinski definition) is 0. The molecule has 0 N–H and O–H groups in total. The Morgan fingerprint density at radius 2 is 1.95 bits per heavy atom. The van der Waals surface area contributed by atoms with E-state index in [2.05, 4.69) is 13.0 Å². The van der Waals surface area contributed by atoms with Crippen molar-refractivity contribution in [3.05, 3.63) is 29.3 Å². The highest BCUT2D eigenvalue weighted by atomic mass is 16.7. The molecule has 6 atom stereocenters. The van der Waals surface area contributed by atoms with Crippen LogP contribution < -0.4 is 4.74 Å². The lowest BCUT2D eigenvalue weighted by atomic mass is 9.73. The summed E-state index contributed by atoms with van der Waals surface area (Å²) in [6.45, 7) is 2.95. The van der Waals surface area contributed by atoms with Gasteiger partial charge in [-0.3, -0.25) is 4.79 Å². The molecular formula is C33H48O7. The molecule has 7 heteroatoms. The highest BCUT2D eigenvalue weighted by molar-refractivity contribution is 5.75. The van der Waals surface area contributed by atoms with E-state index in [0.717, 1.165) is 76.6 Å². The molecule has 3 aliphatic carbocycles. The van der Waals surface area contributed by atoms with Crippen LogP contribution in [-0.2, 0) is 41.4 Å². The molecule has 5 rings (SSSR count). The number of hydrogen-bond acceptors (Lipinski definition) is 7. The maximum atomic E-state index is 12.8. The number of carbonyl (C=O) groups is 2. The number of methoxy groups -OCH3 is 1. The highest BCUT2D eigenvalue weighted by Gasteiger charge is 2.48. The van der Waals surface area contributed by atoms with Crippen molar-refractivity contribution in [1.82, 2.24) is 0 Å². The Labute approximate surface area is 239 Å². The molecule has 1 saturated heterocycles. The van der Waals surface area contributed by atoms with Gasteiger partial charge in [-0.1, -0.05) is 38.3 Å². The molecule has 0 spiro atoms. The first-order chi connectivity index (χ1) is 19.6. The Balaban J connectivity index is 1.29. The minimum atomic E-state index is -0.381. The van der Waals surface area contributed by atoms with Crippen molar-refractivity contribution in [3.63, 3.8) is 0 Å². The van der Waals surface area contributed by atoms with Gasteiger partial charge in [0.2, 0.25) is 0 Å². The summed E-state index contributed by atoms with van der Waals surface area (Å²) in [6.07, 6.45) is 14.6. The number of rotatable bonds is 14. The first-order valence-corrected chi connectivity index (χ1v) is 15.8. The summed E-state index contributed by atoms with van der Waals surface area (Å²) in [7, 11) is 1.38. The Morgan fingerprint density at radius 1 is 1.07 bits per heavy atom. The van der Waals surface area contributed by atoms with Crippen molar-refractivity contribution in [2.45, 2.75) is 115 Å². The fraction of sp³-hybridized carbons (Fsp3) is 0.758. The van der Waals surface area contributed by atoms with E-state index >= 15 is 0 Å². The Hall–Kier alpha value is -2.12. The van der Waals surface area contributed by atoms with Crippen LogP contribution in [0.3, 0.4) is 0 Å². The summed E-state index contributed by atoms with van der Waals surface area (Å²) < 4.78 is 29.4. The summed E-state index contributed by atoms with van der Waals surface area (Å²) in [5.41, 5.74) is 2.48. The van der Waals surface area contributed by atoms with E-state index in [0.29, 0.717) is 17.8 Å². The van der Waals surface area contributed by atoms with E-state index in [1.165, 1.54) is 43.9 Å². The fourth-order valence-corrected chi connectivity index (χ4v) is 7.12. The van der Waals surface area contributed by atoms with E-state index in [9.17, 15) is 9.59 Å². The average Bonchev–Trinajstić information content (AvgIpc) is 3.77. The quantitative estimate of drug-likeness (QED) is 0.200. The molecule has 1 aromatic rings. The molecule has 1 aromatic carbocycles. The van der Waals surface area contributed by atoms with E-state index in [4.69, 9.17) is 23.7 Å². The maximum absolute atomic E-state index is 12.8. The summed E-state index contributed by atoms with van der Waals surface area (Å²) in [5, 5.41) is 0. The van der Waals surface area contributed by atoms with Gasteiger partial charge in [-0.15, -0.1) is 0 Å².